The first-order chi connectivity index (χ1) is 11.7. The van der Waals surface area contributed by atoms with Gasteiger partial charge in [0.2, 0.25) is 0 Å². The van der Waals surface area contributed by atoms with Crippen molar-refractivity contribution in [3.05, 3.63) is 56.2 Å². The molecule has 5 rings (SSSR count). The summed E-state index contributed by atoms with van der Waals surface area (Å²) in [5.74, 6) is -0.109. The van der Waals surface area contributed by atoms with E-state index in [4.69, 9.17) is 4.98 Å². The van der Waals surface area contributed by atoms with Gasteiger partial charge in [0.15, 0.2) is 5.13 Å². The topological polar surface area (TPSA) is 42.0 Å². The number of aryl methyl sites for hydroxylation is 2. The molecule has 0 fully saturated rings. The van der Waals surface area contributed by atoms with Crippen molar-refractivity contribution in [1.82, 2.24) is 4.98 Å². The van der Waals surface area contributed by atoms with E-state index in [1.165, 1.54) is 33.2 Å². The number of fused-ring (bicyclic) bond motifs is 2. The number of nitrogens with one attached hydrogen (secondary N) is 1. The lowest BCUT2D eigenvalue weighted by atomic mass is 10.0. The van der Waals surface area contributed by atoms with Crippen LogP contribution in [-0.2, 0) is 12.8 Å². The molecule has 0 radical (unpaired) electrons. The number of nitrogens with zero attached hydrogens (tertiary/aromatic N) is 1. The molecule has 2 aromatic heterocycles. The Morgan fingerprint density at radius 2 is 2.00 bits per heavy atom. The summed E-state index contributed by atoms with van der Waals surface area (Å²) in [6.45, 7) is 0. The van der Waals surface area contributed by atoms with Crippen molar-refractivity contribution >= 4 is 70.6 Å². The third kappa shape index (κ3) is 2.21. The van der Waals surface area contributed by atoms with Gasteiger partial charge in [0.25, 0.3) is 5.91 Å². The molecule has 4 aromatic rings. The number of hydrogen-bond acceptors (Lipinski definition) is 4. The Balaban J connectivity index is 1.60. The number of rotatable bonds is 2. The summed E-state index contributed by atoms with van der Waals surface area (Å²) in [6.07, 6.45) is 2.20. The second-order valence-electron chi connectivity index (χ2n) is 5.80. The van der Waals surface area contributed by atoms with E-state index in [2.05, 4.69) is 45.5 Å². The van der Waals surface area contributed by atoms with Gasteiger partial charge in [-0.15, -0.1) is 11.3 Å². The Hall–Kier alpha value is -1.76. The van der Waals surface area contributed by atoms with Crippen LogP contribution in [0.4, 0.5) is 5.13 Å². The molecule has 0 bridgehead atoms. The number of amides is 1. The fourth-order valence-corrected chi connectivity index (χ4v) is 5.58. The molecule has 2 heterocycles. The van der Waals surface area contributed by atoms with Crippen LogP contribution in [0.25, 0.3) is 21.0 Å². The highest BCUT2D eigenvalue weighted by Crippen LogP contribution is 2.39. The maximum absolute atomic E-state index is 12.3. The predicted molar refractivity (Wildman–Crippen MR) is 105 cm³/mol. The van der Waals surface area contributed by atoms with E-state index in [9.17, 15) is 4.79 Å². The van der Waals surface area contributed by atoms with E-state index < -0.39 is 0 Å². The highest BCUT2D eigenvalue weighted by molar-refractivity contribution is 9.11. The summed E-state index contributed by atoms with van der Waals surface area (Å²) in [5, 5.41) is 6.15. The zero-order chi connectivity index (χ0) is 16.3. The van der Waals surface area contributed by atoms with Gasteiger partial charge < -0.3 is 0 Å². The number of carbonyl (C=O) groups excluding carboxylic acids is 1. The molecule has 6 heteroatoms. The third-order valence-electron chi connectivity index (χ3n) is 4.37. The predicted octanol–water partition coefficient (Wildman–Crippen LogP) is 5.62. The molecule has 24 heavy (non-hydrogen) atoms. The van der Waals surface area contributed by atoms with Crippen LogP contribution in [0.1, 0.15) is 20.8 Å². The average Bonchev–Trinajstić information content (AvgIpc) is 3.27. The molecule has 118 valence electrons. The normalized spacial score (nSPS) is 13.0. The number of benzene rings is 2. The molecular formula is C18H11BrN2OS2. The van der Waals surface area contributed by atoms with Crippen LogP contribution in [0.2, 0.25) is 0 Å². The first-order valence-corrected chi connectivity index (χ1v) is 10.0. The fraction of sp³-hybridized carbons (Fsp3) is 0.111. The average molecular weight is 415 g/mol. The number of thiazole rings is 1. The van der Waals surface area contributed by atoms with Gasteiger partial charge >= 0.3 is 0 Å². The highest BCUT2D eigenvalue weighted by atomic mass is 79.9. The Morgan fingerprint density at radius 1 is 1.12 bits per heavy atom. The molecule has 0 saturated carbocycles. The largest absolute Gasteiger partial charge is 0.297 e. The smallest absolute Gasteiger partial charge is 0.267 e. The molecule has 1 aliphatic carbocycles. The summed E-state index contributed by atoms with van der Waals surface area (Å²) >= 11 is 6.35. The summed E-state index contributed by atoms with van der Waals surface area (Å²) in [6, 6.07) is 12.4. The lowest BCUT2D eigenvalue weighted by molar-refractivity contribution is 0.103. The molecular weight excluding hydrogens is 404 g/mol. The summed E-state index contributed by atoms with van der Waals surface area (Å²) < 4.78 is 2.08. The minimum atomic E-state index is -0.109. The molecule has 2 aromatic carbocycles. The molecule has 0 unspecified atom stereocenters. The Bertz CT molecular complexity index is 1130. The van der Waals surface area contributed by atoms with Gasteiger partial charge in [-0.2, -0.15) is 0 Å². The number of halogens is 1. The molecule has 0 atom stereocenters. The Morgan fingerprint density at radius 3 is 2.83 bits per heavy atom. The maximum Gasteiger partial charge on any atom is 0.267 e. The number of aromatic nitrogens is 1. The SMILES string of the molecule is O=C(Nc1nc2c(cc3c4c(cccc42)CC3)s1)c1ccc(Br)s1. The van der Waals surface area contributed by atoms with Crippen LogP contribution >= 0.6 is 38.6 Å². The zero-order valence-electron chi connectivity index (χ0n) is 12.4. The molecule has 0 spiro atoms. The van der Waals surface area contributed by atoms with Crippen LogP contribution in [-0.4, -0.2) is 10.9 Å². The van der Waals surface area contributed by atoms with Crippen molar-refractivity contribution in [2.45, 2.75) is 12.8 Å². The van der Waals surface area contributed by atoms with Crippen molar-refractivity contribution in [2.75, 3.05) is 5.32 Å². The first-order valence-electron chi connectivity index (χ1n) is 7.60. The third-order valence-corrected chi connectivity index (χ3v) is 6.91. The van der Waals surface area contributed by atoms with Crippen molar-refractivity contribution in [1.29, 1.82) is 0 Å². The van der Waals surface area contributed by atoms with E-state index in [-0.39, 0.29) is 5.91 Å². The molecule has 1 N–H and O–H groups in total. The van der Waals surface area contributed by atoms with Gasteiger partial charge in [-0.05, 0) is 63.5 Å². The van der Waals surface area contributed by atoms with Crippen molar-refractivity contribution < 1.29 is 4.79 Å². The molecule has 3 nitrogen and oxygen atoms in total. The van der Waals surface area contributed by atoms with E-state index in [0.717, 1.165) is 26.8 Å². The van der Waals surface area contributed by atoms with E-state index in [1.54, 1.807) is 11.3 Å². The van der Waals surface area contributed by atoms with E-state index in [0.29, 0.717) is 10.0 Å². The van der Waals surface area contributed by atoms with Gasteiger partial charge in [0, 0.05) is 5.39 Å². The van der Waals surface area contributed by atoms with Crippen LogP contribution in [0.3, 0.4) is 0 Å². The highest BCUT2D eigenvalue weighted by Gasteiger charge is 2.19. The quantitative estimate of drug-likeness (QED) is 0.462. The van der Waals surface area contributed by atoms with Gasteiger partial charge in [-0.25, -0.2) is 4.98 Å². The summed E-state index contributed by atoms with van der Waals surface area (Å²) in [7, 11) is 0. The van der Waals surface area contributed by atoms with Crippen molar-refractivity contribution in [3.63, 3.8) is 0 Å². The molecule has 0 aliphatic heterocycles. The Kier molecular flexibility index (Phi) is 3.26. The lowest BCUT2D eigenvalue weighted by Gasteiger charge is -2.02. The minimum Gasteiger partial charge on any atom is -0.297 e. The minimum absolute atomic E-state index is 0.109. The number of hydrogen-bond donors (Lipinski definition) is 1. The maximum atomic E-state index is 12.3. The summed E-state index contributed by atoms with van der Waals surface area (Å²) in [4.78, 5) is 17.7. The standard InChI is InChI=1S/C18H11BrN2OS2/c19-14-7-6-12(23-14)17(22)21-18-20-16-11-3-1-2-9-4-5-10(15(9)11)8-13(16)24-18/h1-3,6-8H,4-5H2,(H,20,21,22). The number of thiophene rings is 1. The van der Waals surface area contributed by atoms with E-state index in [1.807, 2.05) is 12.1 Å². The zero-order valence-corrected chi connectivity index (χ0v) is 15.6. The van der Waals surface area contributed by atoms with Crippen LogP contribution in [0.5, 0.6) is 0 Å². The van der Waals surface area contributed by atoms with Crippen LogP contribution in [0.15, 0.2) is 40.2 Å². The second kappa shape index (κ2) is 5.37. The first kappa shape index (κ1) is 14.6. The van der Waals surface area contributed by atoms with Gasteiger partial charge in [-0.3, -0.25) is 10.1 Å². The van der Waals surface area contributed by atoms with Gasteiger partial charge in [0.1, 0.15) is 0 Å². The molecule has 1 amide bonds. The van der Waals surface area contributed by atoms with Crippen molar-refractivity contribution in [3.8, 4) is 0 Å². The molecule has 1 aliphatic rings. The number of anilines is 1. The van der Waals surface area contributed by atoms with Crippen LogP contribution in [0, 0.1) is 0 Å². The van der Waals surface area contributed by atoms with E-state index >= 15 is 0 Å². The van der Waals surface area contributed by atoms with Crippen LogP contribution < -0.4 is 5.32 Å². The number of carbonyl (C=O) groups is 1. The Labute approximate surface area is 154 Å². The lowest BCUT2D eigenvalue weighted by Crippen LogP contribution is -2.09. The fourth-order valence-electron chi connectivity index (χ4n) is 3.35. The summed E-state index contributed by atoms with van der Waals surface area (Å²) in [5.41, 5.74) is 3.80. The van der Waals surface area contributed by atoms with Gasteiger partial charge in [-0.1, -0.05) is 29.5 Å². The van der Waals surface area contributed by atoms with Crippen molar-refractivity contribution in [2.24, 2.45) is 0 Å². The molecule has 0 saturated heterocycles. The second-order valence-corrected chi connectivity index (χ2v) is 9.29. The van der Waals surface area contributed by atoms with Gasteiger partial charge in [0.05, 0.1) is 18.9 Å². The monoisotopic (exact) mass is 414 g/mol.